The summed E-state index contributed by atoms with van der Waals surface area (Å²) in [5, 5.41) is 1.54. The minimum absolute atomic E-state index is 0.0138. The number of alkyl halides is 1. The highest BCUT2D eigenvalue weighted by Gasteiger charge is 2.29. The predicted octanol–water partition coefficient (Wildman–Crippen LogP) is 1.84. The van der Waals surface area contributed by atoms with Crippen molar-refractivity contribution in [2.45, 2.75) is 26.4 Å². The Kier molecular flexibility index (Phi) is 5.46. The molecule has 0 bridgehead atoms. The van der Waals surface area contributed by atoms with Gasteiger partial charge in [0.2, 0.25) is 0 Å². The van der Waals surface area contributed by atoms with Gasteiger partial charge in [-0.3, -0.25) is 4.79 Å². The summed E-state index contributed by atoms with van der Waals surface area (Å²) >= 11 is 3.04. The number of amides is 2. The topological polar surface area (TPSA) is 88.8 Å². The van der Waals surface area contributed by atoms with E-state index in [2.05, 4.69) is 20.9 Å². The quantitative estimate of drug-likeness (QED) is 0.382. The maximum absolute atomic E-state index is 11.9. The predicted molar refractivity (Wildman–Crippen MR) is 77.8 cm³/mol. The van der Waals surface area contributed by atoms with Crippen molar-refractivity contribution >= 4 is 33.7 Å². The molecule has 7 nitrogen and oxygen atoms in total. The van der Waals surface area contributed by atoms with Gasteiger partial charge in [-0.05, 0) is 32.9 Å². The molecule has 0 radical (unpaired) electrons. The molecule has 0 aliphatic heterocycles. The standard InChI is InChI=1S/C12H17BrN4O3/c1-12(2,3)20-11(19)17(14)16(10(18)8-13)9-6-4-5-7-15-9/h4-7H,8,14H2,1-3H3. The number of pyridine rings is 1. The fourth-order valence-corrected chi connectivity index (χ4v) is 1.52. The van der Waals surface area contributed by atoms with Crippen LogP contribution in [0, 0.1) is 0 Å². The number of ether oxygens (including phenoxy) is 1. The van der Waals surface area contributed by atoms with Crippen LogP contribution in [0.25, 0.3) is 0 Å². The van der Waals surface area contributed by atoms with Crippen LogP contribution in [0.3, 0.4) is 0 Å². The van der Waals surface area contributed by atoms with Crippen LogP contribution in [-0.4, -0.2) is 33.0 Å². The lowest BCUT2D eigenvalue weighted by atomic mass is 10.2. The van der Waals surface area contributed by atoms with E-state index in [9.17, 15) is 9.59 Å². The molecule has 1 heterocycles. The van der Waals surface area contributed by atoms with E-state index in [-0.39, 0.29) is 11.1 Å². The van der Waals surface area contributed by atoms with Gasteiger partial charge in [0.1, 0.15) is 5.60 Å². The average molecular weight is 345 g/mol. The zero-order valence-corrected chi connectivity index (χ0v) is 13.1. The second kappa shape index (κ2) is 6.67. The zero-order chi connectivity index (χ0) is 15.3. The first kappa shape index (κ1) is 16.4. The van der Waals surface area contributed by atoms with Crippen LogP contribution in [0.15, 0.2) is 24.4 Å². The Hall–Kier alpha value is -1.67. The van der Waals surface area contributed by atoms with Gasteiger partial charge in [0.15, 0.2) is 5.82 Å². The van der Waals surface area contributed by atoms with E-state index in [0.717, 1.165) is 5.01 Å². The third-order valence-corrected chi connectivity index (χ3v) is 2.49. The van der Waals surface area contributed by atoms with Crippen LogP contribution in [0.1, 0.15) is 20.8 Å². The Morgan fingerprint density at radius 2 is 2.05 bits per heavy atom. The molecule has 0 unspecified atom stereocenters. The van der Waals surface area contributed by atoms with E-state index in [4.69, 9.17) is 10.6 Å². The van der Waals surface area contributed by atoms with E-state index in [1.54, 1.807) is 39.0 Å². The number of halogens is 1. The van der Waals surface area contributed by atoms with Crippen molar-refractivity contribution in [3.05, 3.63) is 24.4 Å². The number of rotatable bonds is 2. The first-order valence-corrected chi connectivity index (χ1v) is 6.96. The highest BCUT2D eigenvalue weighted by Crippen LogP contribution is 2.15. The molecule has 1 aromatic heterocycles. The number of nitrogens with two attached hydrogens (primary N) is 1. The number of hydrogen-bond acceptors (Lipinski definition) is 5. The largest absolute Gasteiger partial charge is 0.444 e. The Bertz CT molecular complexity index is 475. The minimum Gasteiger partial charge on any atom is -0.441 e. The van der Waals surface area contributed by atoms with Crippen LogP contribution >= 0.6 is 15.9 Å². The summed E-state index contributed by atoms with van der Waals surface area (Å²) < 4.78 is 5.12. The summed E-state index contributed by atoms with van der Waals surface area (Å²) in [7, 11) is 0. The number of nitrogens with zero attached hydrogens (tertiary/aromatic N) is 3. The molecule has 1 rings (SSSR count). The van der Waals surface area contributed by atoms with Crippen molar-refractivity contribution in [2.24, 2.45) is 5.84 Å². The van der Waals surface area contributed by atoms with E-state index in [1.807, 2.05) is 0 Å². The molecule has 0 atom stereocenters. The second-order valence-corrected chi connectivity index (χ2v) is 5.41. The number of aromatic nitrogens is 1. The van der Waals surface area contributed by atoms with E-state index in [1.165, 1.54) is 6.20 Å². The molecular weight excluding hydrogens is 328 g/mol. The molecular formula is C12H17BrN4O3. The molecule has 0 aromatic carbocycles. The monoisotopic (exact) mass is 344 g/mol. The molecule has 8 heteroatoms. The van der Waals surface area contributed by atoms with Crippen molar-refractivity contribution < 1.29 is 14.3 Å². The van der Waals surface area contributed by atoms with Gasteiger partial charge in [0, 0.05) is 6.20 Å². The summed E-state index contributed by atoms with van der Waals surface area (Å²) in [6.45, 7) is 5.11. The molecule has 0 saturated carbocycles. The Balaban J connectivity index is 3.00. The van der Waals surface area contributed by atoms with Crippen molar-refractivity contribution in [1.29, 1.82) is 0 Å². The van der Waals surface area contributed by atoms with Gasteiger partial charge in [-0.25, -0.2) is 15.6 Å². The fraction of sp³-hybridized carbons (Fsp3) is 0.417. The van der Waals surface area contributed by atoms with E-state index in [0.29, 0.717) is 5.12 Å². The van der Waals surface area contributed by atoms with Crippen LogP contribution < -0.4 is 10.9 Å². The SMILES string of the molecule is CC(C)(C)OC(=O)N(N)N(C(=O)CBr)c1ccccn1. The molecule has 0 fully saturated rings. The minimum atomic E-state index is -0.850. The number of hydrogen-bond donors (Lipinski definition) is 1. The number of carbonyl (C=O) groups is 2. The fourth-order valence-electron chi connectivity index (χ4n) is 1.28. The lowest BCUT2D eigenvalue weighted by Crippen LogP contribution is -2.56. The first-order chi connectivity index (χ1) is 9.26. The Labute approximate surface area is 125 Å². The van der Waals surface area contributed by atoms with Crippen molar-refractivity contribution in [3.8, 4) is 0 Å². The van der Waals surface area contributed by atoms with Crippen LogP contribution in [0.4, 0.5) is 10.6 Å². The van der Waals surface area contributed by atoms with Gasteiger partial charge in [-0.1, -0.05) is 22.0 Å². The van der Waals surface area contributed by atoms with Gasteiger partial charge in [0.05, 0.1) is 5.33 Å². The van der Waals surface area contributed by atoms with E-state index >= 15 is 0 Å². The maximum atomic E-state index is 11.9. The van der Waals surface area contributed by atoms with Gasteiger partial charge < -0.3 is 4.74 Å². The van der Waals surface area contributed by atoms with Crippen LogP contribution in [0.2, 0.25) is 0 Å². The van der Waals surface area contributed by atoms with Gasteiger partial charge in [0.25, 0.3) is 5.91 Å². The Morgan fingerprint density at radius 3 is 2.50 bits per heavy atom. The highest BCUT2D eigenvalue weighted by molar-refractivity contribution is 9.09. The molecule has 0 spiro atoms. The van der Waals surface area contributed by atoms with Crippen molar-refractivity contribution in [3.63, 3.8) is 0 Å². The van der Waals surface area contributed by atoms with Crippen molar-refractivity contribution in [2.75, 3.05) is 10.3 Å². The lowest BCUT2D eigenvalue weighted by Gasteiger charge is -2.31. The highest BCUT2D eigenvalue weighted by atomic mass is 79.9. The summed E-state index contributed by atoms with van der Waals surface area (Å²) in [6, 6.07) is 4.93. The van der Waals surface area contributed by atoms with Crippen LogP contribution in [0.5, 0.6) is 0 Å². The van der Waals surface area contributed by atoms with Crippen molar-refractivity contribution in [1.82, 2.24) is 10.1 Å². The van der Waals surface area contributed by atoms with Gasteiger partial charge >= 0.3 is 6.09 Å². The summed E-state index contributed by atoms with van der Waals surface area (Å²) in [4.78, 5) is 27.9. The number of carbonyl (C=O) groups excluding carboxylic acids is 2. The molecule has 0 aliphatic rings. The third kappa shape index (κ3) is 4.46. The number of anilines is 1. The average Bonchev–Trinajstić information content (AvgIpc) is 2.37. The van der Waals surface area contributed by atoms with Gasteiger partial charge in [-0.2, -0.15) is 5.01 Å². The molecule has 0 saturated heterocycles. The molecule has 2 amide bonds. The summed E-state index contributed by atoms with van der Waals surface area (Å²) in [5.74, 6) is 5.46. The Morgan fingerprint density at radius 1 is 1.40 bits per heavy atom. The second-order valence-electron chi connectivity index (χ2n) is 4.85. The summed E-state index contributed by atoms with van der Waals surface area (Å²) in [6.07, 6.45) is 0.643. The third-order valence-electron chi connectivity index (χ3n) is 2.01. The lowest BCUT2D eigenvalue weighted by molar-refractivity contribution is -0.119. The van der Waals surface area contributed by atoms with E-state index < -0.39 is 17.6 Å². The molecule has 110 valence electrons. The first-order valence-electron chi connectivity index (χ1n) is 5.84. The zero-order valence-electron chi connectivity index (χ0n) is 11.5. The van der Waals surface area contributed by atoms with Crippen LogP contribution in [-0.2, 0) is 9.53 Å². The summed E-state index contributed by atoms with van der Waals surface area (Å²) in [5.41, 5.74) is -0.720. The maximum Gasteiger partial charge on any atom is 0.444 e. The molecule has 20 heavy (non-hydrogen) atoms. The van der Waals surface area contributed by atoms with Gasteiger partial charge in [-0.15, -0.1) is 5.12 Å². The normalized spacial score (nSPS) is 10.8. The molecule has 1 aromatic rings. The molecule has 2 N–H and O–H groups in total. The number of hydrazine groups is 2. The molecule has 0 aliphatic carbocycles. The smallest absolute Gasteiger partial charge is 0.441 e.